The van der Waals surface area contributed by atoms with Crippen LogP contribution in [0.4, 0.5) is 0 Å². The molecular weight excluding hydrogens is 76.9 g/mol. The molecule has 0 amide bonds. The van der Waals surface area contributed by atoms with Gasteiger partial charge >= 0.3 is 7.28 Å². The number of hydrogen-bond donors (Lipinski definition) is 1. The van der Waals surface area contributed by atoms with E-state index >= 15 is 0 Å². The van der Waals surface area contributed by atoms with Crippen LogP contribution in [-0.2, 0) is 0 Å². The zero-order chi connectivity index (χ0) is 4.12. The lowest BCUT2D eigenvalue weighted by Gasteiger charge is -1.39. The summed E-state index contributed by atoms with van der Waals surface area (Å²) in [6.45, 7) is 0. The summed E-state index contributed by atoms with van der Waals surface area (Å²) < 4.78 is 0. The zero-order valence-electron chi connectivity index (χ0n) is 3.31. The third kappa shape index (κ3) is 12.0. The van der Waals surface area contributed by atoms with Crippen molar-refractivity contribution in [3.8, 4) is 11.9 Å². The fraction of sp³-hybridized carbons (Fsp3) is 0. The molecule has 0 unspecified atom stereocenters. The van der Waals surface area contributed by atoms with Gasteiger partial charge in [0.1, 0.15) is 0 Å². The maximum absolute atomic E-state index is 7.59. The smallest absolute Gasteiger partial charge is 0.344 e. The van der Waals surface area contributed by atoms with Gasteiger partial charge < -0.3 is 6.15 Å². The van der Waals surface area contributed by atoms with E-state index in [1.807, 2.05) is 0 Å². The van der Waals surface area contributed by atoms with E-state index in [1.165, 1.54) is 0 Å². The Hall–Kier alpha value is -0.995. The van der Waals surface area contributed by atoms with Crippen LogP contribution in [0.1, 0.15) is 0 Å². The average molecular weight is 80.9 g/mol. The Morgan fingerprint density at radius 1 is 1.17 bits per heavy atom. The van der Waals surface area contributed by atoms with Gasteiger partial charge in [-0.05, 0) is 0 Å². The highest BCUT2D eigenvalue weighted by Gasteiger charge is 1.70. The minimum atomic E-state index is 0. The second kappa shape index (κ2) is 9.00. The van der Waals surface area contributed by atoms with Crippen LogP contribution in [0.25, 0.3) is 0 Å². The van der Waals surface area contributed by atoms with E-state index < -0.39 is 0 Å². The highest BCUT2D eigenvalue weighted by Crippen LogP contribution is 1.38. The molecule has 0 spiro atoms. The van der Waals surface area contributed by atoms with Gasteiger partial charge in [-0.2, -0.15) is 0 Å². The number of hydrogen-bond acceptors (Lipinski definition) is 3. The molecule has 30 valence electrons. The molecule has 0 saturated heterocycles. The zero-order valence-corrected chi connectivity index (χ0v) is 3.31. The maximum atomic E-state index is 7.59. The summed E-state index contributed by atoms with van der Waals surface area (Å²) in [6.07, 6.45) is 0. The SMILES string of the molecule is N.N#CBC#N. The largest absolute Gasteiger partial charge is 0.370 e. The molecule has 3 nitrogen and oxygen atoms in total. The van der Waals surface area contributed by atoms with Crippen LogP contribution in [0.5, 0.6) is 0 Å². The first-order valence-electron chi connectivity index (χ1n) is 1.15. The Labute approximate surface area is 37.0 Å². The first-order chi connectivity index (χ1) is 2.41. The minimum absolute atomic E-state index is 0. The standard InChI is InChI=1S/C2HBN2.H3N/c4-1-3-2-5;/h3H;1H3. The van der Waals surface area contributed by atoms with Crippen LogP contribution in [-0.4, -0.2) is 7.28 Å². The van der Waals surface area contributed by atoms with Crippen molar-refractivity contribution in [2.75, 3.05) is 0 Å². The molecule has 0 aromatic heterocycles. The molecule has 0 radical (unpaired) electrons. The van der Waals surface area contributed by atoms with Crippen molar-refractivity contribution in [3.63, 3.8) is 0 Å². The number of rotatable bonds is 0. The summed E-state index contributed by atoms with van der Waals surface area (Å²) in [4.78, 5) is 0. The summed E-state index contributed by atoms with van der Waals surface area (Å²) in [6, 6.07) is 0. The van der Waals surface area contributed by atoms with Crippen LogP contribution in [0.15, 0.2) is 0 Å². The van der Waals surface area contributed by atoms with E-state index in [9.17, 15) is 0 Å². The highest BCUT2D eigenvalue weighted by atomic mass is 14.2. The van der Waals surface area contributed by atoms with Gasteiger partial charge in [-0.25, -0.2) is 10.5 Å². The van der Waals surface area contributed by atoms with E-state index in [-0.39, 0.29) is 13.4 Å². The molecule has 0 aliphatic heterocycles. The normalized spacial score (nSPS) is 3.00. The Morgan fingerprint density at radius 2 is 1.50 bits per heavy atom. The van der Waals surface area contributed by atoms with Crippen molar-refractivity contribution < 1.29 is 0 Å². The lowest BCUT2D eigenvalue weighted by atomic mass is 9.85. The molecule has 0 bridgehead atoms. The third-order valence-corrected chi connectivity index (χ3v) is 0.158. The Bertz CT molecular complexity index is 73.9. The van der Waals surface area contributed by atoms with E-state index in [2.05, 4.69) is 0 Å². The summed E-state index contributed by atoms with van der Waals surface area (Å²) in [5.74, 6) is 3.31. The van der Waals surface area contributed by atoms with Gasteiger partial charge in [-0.3, -0.25) is 0 Å². The van der Waals surface area contributed by atoms with E-state index in [0.29, 0.717) is 0 Å². The van der Waals surface area contributed by atoms with Gasteiger partial charge in [0.2, 0.25) is 0 Å². The van der Waals surface area contributed by atoms with Gasteiger partial charge in [0, 0.05) is 11.9 Å². The van der Waals surface area contributed by atoms with E-state index in [0.717, 1.165) is 0 Å². The Kier molecular flexibility index (Phi) is 13.3. The summed E-state index contributed by atoms with van der Waals surface area (Å²) in [7, 11) is 0. The van der Waals surface area contributed by atoms with Crippen molar-refractivity contribution in [2.45, 2.75) is 0 Å². The molecule has 6 heavy (non-hydrogen) atoms. The molecular formula is C2H4BN3. The van der Waals surface area contributed by atoms with Crippen molar-refractivity contribution in [1.82, 2.24) is 6.15 Å². The van der Waals surface area contributed by atoms with E-state index in [1.54, 1.807) is 11.9 Å². The molecule has 0 atom stereocenters. The monoisotopic (exact) mass is 81.0 g/mol. The van der Waals surface area contributed by atoms with Crippen molar-refractivity contribution >= 4 is 7.28 Å². The second-order valence-corrected chi connectivity index (χ2v) is 0.493. The fourth-order valence-corrected chi connectivity index (χ4v) is 0.0354. The molecule has 0 aliphatic carbocycles. The van der Waals surface area contributed by atoms with Crippen molar-refractivity contribution in [1.29, 1.82) is 10.5 Å². The molecule has 0 aromatic rings. The van der Waals surface area contributed by atoms with Crippen molar-refractivity contribution in [2.24, 2.45) is 0 Å². The predicted octanol–water partition coefficient (Wildman–Crippen LogP) is -0.453. The van der Waals surface area contributed by atoms with E-state index in [4.69, 9.17) is 10.5 Å². The van der Waals surface area contributed by atoms with Crippen LogP contribution < -0.4 is 6.15 Å². The average Bonchev–Trinajstić information content (AvgIpc) is 1.41. The van der Waals surface area contributed by atoms with Gasteiger partial charge in [-0.15, -0.1) is 0 Å². The maximum Gasteiger partial charge on any atom is 0.370 e. The molecule has 3 N–H and O–H groups in total. The third-order valence-electron chi connectivity index (χ3n) is 0.158. The number of nitrogens with zero attached hydrogens (tertiary/aromatic N) is 2. The first kappa shape index (κ1) is 8.89. The molecule has 0 rings (SSSR count). The predicted molar refractivity (Wildman–Crippen MR) is 23.4 cm³/mol. The van der Waals surface area contributed by atoms with Crippen LogP contribution in [0.3, 0.4) is 0 Å². The molecule has 4 heteroatoms. The van der Waals surface area contributed by atoms with Crippen molar-refractivity contribution in [3.05, 3.63) is 0 Å². The molecule has 0 aromatic carbocycles. The van der Waals surface area contributed by atoms with Gasteiger partial charge in [-0.1, -0.05) is 0 Å². The van der Waals surface area contributed by atoms with Crippen LogP contribution in [0.2, 0.25) is 0 Å². The molecule has 0 fully saturated rings. The second-order valence-electron chi connectivity index (χ2n) is 0.493. The lowest BCUT2D eigenvalue weighted by molar-refractivity contribution is 1.55. The van der Waals surface area contributed by atoms with Crippen LogP contribution >= 0.6 is 0 Å². The summed E-state index contributed by atoms with van der Waals surface area (Å²) in [5, 5.41) is 15.2. The summed E-state index contributed by atoms with van der Waals surface area (Å²) in [5.41, 5.74) is 0. The quantitative estimate of drug-likeness (QED) is 0.400. The Balaban J connectivity index is 0. The Morgan fingerprint density at radius 3 is 1.50 bits per heavy atom. The minimum Gasteiger partial charge on any atom is -0.344 e. The van der Waals surface area contributed by atoms with Gasteiger partial charge in [0.15, 0.2) is 0 Å². The topological polar surface area (TPSA) is 82.6 Å². The molecule has 0 aliphatic rings. The first-order valence-corrected chi connectivity index (χ1v) is 1.15. The summed E-state index contributed by atoms with van der Waals surface area (Å²) >= 11 is 0. The van der Waals surface area contributed by atoms with Gasteiger partial charge in [0.05, 0.1) is 0 Å². The van der Waals surface area contributed by atoms with Crippen LogP contribution in [0, 0.1) is 22.5 Å². The highest BCUT2D eigenvalue weighted by molar-refractivity contribution is 6.53. The molecule has 0 heterocycles. The lowest BCUT2D eigenvalue weighted by Crippen LogP contribution is -1.70. The van der Waals surface area contributed by atoms with Gasteiger partial charge in [0.25, 0.3) is 0 Å². The number of nitriles is 2. The fourth-order valence-electron chi connectivity index (χ4n) is 0.0354. The molecule has 0 saturated carbocycles.